The van der Waals surface area contributed by atoms with Crippen molar-refractivity contribution in [2.75, 3.05) is 13.1 Å². The fourth-order valence-electron chi connectivity index (χ4n) is 3.61. The van der Waals surface area contributed by atoms with E-state index in [2.05, 4.69) is 4.98 Å². The van der Waals surface area contributed by atoms with Gasteiger partial charge >= 0.3 is 12.1 Å². The lowest BCUT2D eigenvalue weighted by molar-refractivity contribution is -0.147. The quantitative estimate of drug-likeness (QED) is 0.440. The summed E-state index contributed by atoms with van der Waals surface area (Å²) >= 11 is 5.98. The number of hydrogen-bond donors (Lipinski definition) is 1. The molecular formula is C23H23ClF3N3O3. The number of aryl methyl sites for hydroxylation is 1. The number of imidazole rings is 1. The van der Waals surface area contributed by atoms with Gasteiger partial charge in [-0.15, -0.1) is 0 Å². The monoisotopic (exact) mass is 481 g/mol. The minimum Gasteiger partial charge on any atom is -0.481 e. The molecule has 0 saturated heterocycles. The van der Waals surface area contributed by atoms with Crippen LogP contribution in [0, 0.1) is 0 Å². The summed E-state index contributed by atoms with van der Waals surface area (Å²) < 4.78 is 41.4. The fourth-order valence-corrected chi connectivity index (χ4v) is 3.83. The molecule has 1 heterocycles. The van der Waals surface area contributed by atoms with Crippen LogP contribution in [0.4, 0.5) is 13.2 Å². The van der Waals surface area contributed by atoms with Gasteiger partial charge in [0.2, 0.25) is 11.7 Å². The van der Waals surface area contributed by atoms with E-state index in [0.29, 0.717) is 17.0 Å². The zero-order chi connectivity index (χ0) is 24.0. The van der Waals surface area contributed by atoms with Crippen LogP contribution in [-0.4, -0.2) is 44.5 Å². The molecule has 0 aliphatic rings. The maximum absolute atomic E-state index is 13.4. The van der Waals surface area contributed by atoms with Crippen LogP contribution in [0.15, 0.2) is 48.5 Å². The zero-order valence-corrected chi connectivity index (χ0v) is 18.4. The fraction of sp³-hybridized carbons (Fsp3) is 0.348. The van der Waals surface area contributed by atoms with E-state index in [9.17, 15) is 22.8 Å². The molecule has 1 amide bonds. The first-order valence-electron chi connectivity index (χ1n) is 10.4. The van der Waals surface area contributed by atoms with Crippen LogP contribution in [-0.2, 0) is 28.7 Å². The van der Waals surface area contributed by atoms with Gasteiger partial charge in [0, 0.05) is 31.1 Å². The van der Waals surface area contributed by atoms with Crippen LogP contribution in [0.25, 0.3) is 11.0 Å². The molecule has 0 bridgehead atoms. The highest BCUT2D eigenvalue weighted by Gasteiger charge is 2.37. The summed E-state index contributed by atoms with van der Waals surface area (Å²) in [6.07, 6.45) is -4.21. The zero-order valence-electron chi connectivity index (χ0n) is 17.7. The molecule has 0 fully saturated rings. The maximum atomic E-state index is 13.4. The molecule has 0 aliphatic heterocycles. The topological polar surface area (TPSA) is 75.4 Å². The Kier molecular flexibility index (Phi) is 7.97. The number of halogens is 4. The smallest absolute Gasteiger partial charge is 0.449 e. The molecule has 6 nitrogen and oxygen atoms in total. The number of rotatable bonds is 10. The van der Waals surface area contributed by atoms with Crippen molar-refractivity contribution in [3.8, 4) is 0 Å². The van der Waals surface area contributed by atoms with Crippen molar-refractivity contribution in [2.24, 2.45) is 0 Å². The van der Waals surface area contributed by atoms with Gasteiger partial charge in [0.25, 0.3) is 0 Å². The summed E-state index contributed by atoms with van der Waals surface area (Å²) in [5.41, 5.74) is 1.48. The molecule has 10 heteroatoms. The van der Waals surface area contributed by atoms with Gasteiger partial charge in [-0.1, -0.05) is 35.9 Å². The van der Waals surface area contributed by atoms with E-state index >= 15 is 0 Å². The van der Waals surface area contributed by atoms with Crippen LogP contribution in [0.5, 0.6) is 0 Å². The second kappa shape index (κ2) is 10.7. The van der Waals surface area contributed by atoms with Crippen LogP contribution in [0.3, 0.4) is 0 Å². The maximum Gasteiger partial charge on any atom is 0.449 e. The van der Waals surface area contributed by atoms with E-state index in [4.69, 9.17) is 16.7 Å². The Morgan fingerprint density at radius 1 is 1.06 bits per heavy atom. The first-order chi connectivity index (χ1) is 15.6. The van der Waals surface area contributed by atoms with E-state index in [1.165, 1.54) is 11.0 Å². The van der Waals surface area contributed by atoms with Crippen molar-refractivity contribution >= 4 is 34.5 Å². The third-order valence-electron chi connectivity index (χ3n) is 5.19. The number of carbonyl (C=O) groups is 2. The van der Waals surface area contributed by atoms with E-state index in [-0.39, 0.29) is 50.3 Å². The predicted molar refractivity (Wildman–Crippen MR) is 118 cm³/mol. The summed E-state index contributed by atoms with van der Waals surface area (Å²) in [6.45, 7) is 0.271. The normalized spacial score (nSPS) is 11.6. The van der Waals surface area contributed by atoms with Gasteiger partial charge in [0.05, 0.1) is 17.5 Å². The number of hydrogen-bond acceptors (Lipinski definition) is 3. The molecular weight excluding hydrogens is 459 g/mol. The van der Waals surface area contributed by atoms with E-state index in [1.54, 1.807) is 36.4 Å². The third kappa shape index (κ3) is 6.71. The Labute approximate surface area is 193 Å². The Bertz CT molecular complexity index is 1130. The predicted octanol–water partition coefficient (Wildman–Crippen LogP) is 5.03. The van der Waals surface area contributed by atoms with Gasteiger partial charge < -0.3 is 14.6 Å². The number of nitrogens with zero attached hydrogens (tertiary/aromatic N) is 3. The Morgan fingerprint density at radius 2 is 1.82 bits per heavy atom. The highest BCUT2D eigenvalue weighted by Crippen LogP contribution is 2.31. The second-order valence-corrected chi connectivity index (χ2v) is 8.02. The van der Waals surface area contributed by atoms with Crippen LogP contribution < -0.4 is 0 Å². The number of carboxylic acids is 1. The molecule has 176 valence electrons. The summed E-state index contributed by atoms with van der Waals surface area (Å²) in [6, 6.07) is 13.5. The molecule has 2 aromatic carbocycles. The number of benzene rings is 2. The van der Waals surface area contributed by atoms with Crippen molar-refractivity contribution in [2.45, 2.75) is 38.4 Å². The standard InChI is InChI=1S/C23H23ClF3N3O3/c24-17-6-3-5-16(15-17)10-13-29(14-11-21(32)33)20(31)9-4-12-30-19-8-2-1-7-18(19)28-22(30)23(25,26)27/h1-3,5-8,15H,4,9-14H2,(H,32,33). The van der Waals surface area contributed by atoms with Gasteiger partial charge in [-0.05, 0) is 42.7 Å². The molecule has 0 atom stereocenters. The minimum atomic E-state index is -4.62. The summed E-state index contributed by atoms with van der Waals surface area (Å²) in [5, 5.41) is 9.56. The van der Waals surface area contributed by atoms with E-state index in [1.807, 2.05) is 6.07 Å². The molecule has 1 N–H and O–H groups in total. The first-order valence-corrected chi connectivity index (χ1v) is 10.8. The summed E-state index contributed by atoms with van der Waals surface area (Å²) in [7, 11) is 0. The lowest BCUT2D eigenvalue weighted by atomic mass is 10.1. The minimum absolute atomic E-state index is 0.0149. The lowest BCUT2D eigenvalue weighted by Crippen LogP contribution is -2.34. The van der Waals surface area contributed by atoms with Gasteiger partial charge in [-0.25, -0.2) is 4.98 Å². The number of aliphatic carboxylic acids is 1. The average Bonchev–Trinajstić information content (AvgIpc) is 3.13. The molecule has 0 spiro atoms. The highest BCUT2D eigenvalue weighted by atomic mass is 35.5. The average molecular weight is 482 g/mol. The molecule has 3 rings (SSSR count). The van der Waals surface area contributed by atoms with Gasteiger partial charge in [-0.2, -0.15) is 13.2 Å². The Balaban J connectivity index is 1.67. The number of alkyl halides is 3. The van der Waals surface area contributed by atoms with Gasteiger partial charge in [0.15, 0.2) is 0 Å². The van der Waals surface area contributed by atoms with Crippen molar-refractivity contribution in [3.05, 3.63) is 64.9 Å². The van der Waals surface area contributed by atoms with Crippen molar-refractivity contribution < 1.29 is 27.9 Å². The molecule has 0 aliphatic carbocycles. The van der Waals surface area contributed by atoms with Crippen LogP contribution in [0.1, 0.15) is 30.7 Å². The van der Waals surface area contributed by atoms with Crippen LogP contribution in [0.2, 0.25) is 5.02 Å². The summed E-state index contributed by atoms with van der Waals surface area (Å²) in [5.74, 6) is -2.34. The molecule has 1 aromatic heterocycles. The van der Waals surface area contributed by atoms with Crippen molar-refractivity contribution in [1.29, 1.82) is 0 Å². The molecule has 0 saturated carbocycles. The van der Waals surface area contributed by atoms with Crippen LogP contribution >= 0.6 is 11.6 Å². The van der Waals surface area contributed by atoms with Gasteiger partial charge in [-0.3, -0.25) is 9.59 Å². The molecule has 33 heavy (non-hydrogen) atoms. The SMILES string of the molecule is O=C(O)CCN(CCc1cccc(Cl)c1)C(=O)CCCn1c(C(F)(F)F)nc2ccccc21. The summed E-state index contributed by atoms with van der Waals surface area (Å²) in [4.78, 5) is 28.9. The molecule has 0 radical (unpaired) electrons. The third-order valence-corrected chi connectivity index (χ3v) is 5.42. The molecule has 0 unspecified atom stereocenters. The highest BCUT2D eigenvalue weighted by molar-refractivity contribution is 6.30. The molecule has 3 aromatic rings. The van der Waals surface area contributed by atoms with Crippen molar-refractivity contribution in [3.63, 3.8) is 0 Å². The van der Waals surface area contributed by atoms with E-state index in [0.717, 1.165) is 10.1 Å². The Hall–Kier alpha value is -3.07. The second-order valence-electron chi connectivity index (χ2n) is 7.58. The lowest BCUT2D eigenvalue weighted by Gasteiger charge is -2.22. The number of fused-ring (bicyclic) bond motifs is 1. The largest absolute Gasteiger partial charge is 0.481 e. The number of amides is 1. The van der Waals surface area contributed by atoms with Crippen molar-refractivity contribution in [1.82, 2.24) is 14.5 Å². The first kappa shape index (κ1) is 24.6. The number of carbonyl (C=O) groups excluding carboxylic acids is 1. The van der Waals surface area contributed by atoms with Gasteiger partial charge in [0.1, 0.15) is 0 Å². The Morgan fingerprint density at radius 3 is 2.52 bits per heavy atom. The van der Waals surface area contributed by atoms with E-state index < -0.39 is 18.0 Å². The number of carboxylic acid groups (broad SMARTS) is 1. The number of aromatic nitrogens is 2. The number of para-hydroxylation sites is 2.